The summed E-state index contributed by atoms with van der Waals surface area (Å²) in [4.78, 5) is 12.9. The highest BCUT2D eigenvalue weighted by Crippen LogP contribution is 2.18. The van der Waals surface area contributed by atoms with E-state index in [1.54, 1.807) is 28.0 Å². The summed E-state index contributed by atoms with van der Waals surface area (Å²) in [5.41, 5.74) is 1.57. The van der Waals surface area contributed by atoms with Gasteiger partial charge < -0.3 is 10.1 Å². The maximum absolute atomic E-state index is 11.9. The number of nitrogens with one attached hydrogen (secondary N) is 1. The lowest BCUT2D eigenvalue weighted by Gasteiger charge is -2.07. The van der Waals surface area contributed by atoms with Gasteiger partial charge in [-0.2, -0.15) is 4.52 Å². The second kappa shape index (κ2) is 7.96. The van der Waals surface area contributed by atoms with Crippen LogP contribution in [0.15, 0.2) is 60.0 Å². The molecule has 0 saturated carbocycles. The zero-order valence-electron chi connectivity index (χ0n) is 14.4. The standard InChI is InChI=1S/C19H17N5O2S/c25-17(13-15-7-4-12-27-15)20-10-11-26-18-9-8-16-21-22-19(24(16)23-18)14-5-2-1-3-6-14/h1-9,12H,10-11,13H2,(H,20,25). The van der Waals surface area contributed by atoms with Crippen LogP contribution >= 0.6 is 11.3 Å². The van der Waals surface area contributed by atoms with Crippen LogP contribution in [-0.2, 0) is 11.2 Å². The Bertz CT molecular complexity index is 1030. The molecular formula is C19H17N5O2S. The quantitative estimate of drug-likeness (QED) is 0.499. The molecule has 8 heteroatoms. The van der Waals surface area contributed by atoms with Crippen LogP contribution in [0, 0.1) is 0 Å². The molecule has 136 valence electrons. The van der Waals surface area contributed by atoms with Crippen molar-refractivity contribution in [1.82, 2.24) is 25.1 Å². The van der Waals surface area contributed by atoms with E-state index in [9.17, 15) is 4.79 Å². The number of hydrogen-bond donors (Lipinski definition) is 1. The Morgan fingerprint density at radius 3 is 2.78 bits per heavy atom. The smallest absolute Gasteiger partial charge is 0.231 e. The summed E-state index contributed by atoms with van der Waals surface area (Å²) in [5, 5.41) is 17.6. The molecule has 0 aliphatic heterocycles. The second-order valence-corrected chi connectivity index (χ2v) is 6.82. The van der Waals surface area contributed by atoms with Crippen LogP contribution in [0.1, 0.15) is 4.88 Å². The average molecular weight is 379 g/mol. The normalized spacial score (nSPS) is 10.8. The Kier molecular flexibility index (Phi) is 5.06. The van der Waals surface area contributed by atoms with E-state index in [1.165, 1.54) is 0 Å². The maximum Gasteiger partial charge on any atom is 0.231 e. The Morgan fingerprint density at radius 2 is 1.96 bits per heavy atom. The third-order valence-corrected chi connectivity index (χ3v) is 4.74. The topological polar surface area (TPSA) is 81.4 Å². The molecule has 3 heterocycles. The molecule has 1 aromatic carbocycles. The van der Waals surface area contributed by atoms with Crippen LogP contribution in [0.3, 0.4) is 0 Å². The molecule has 7 nitrogen and oxygen atoms in total. The molecular weight excluding hydrogens is 362 g/mol. The third kappa shape index (κ3) is 4.12. The minimum absolute atomic E-state index is 0.0189. The SMILES string of the molecule is O=C(Cc1cccs1)NCCOc1ccc2nnc(-c3ccccc3)n2n1. The lowest BCUT2D eigenvalue weighted by molar-refractivity contribution is -0.120. The first-order chi connectivity index (χ1) is 13.3. The molecule has 27 heavy (non-hydrogen) atoms. The average Bonchev–Trinajstić information content (AvgIpc) is 3.35. The Morgan fingerprint density at radius 1 is 1.07 bits per heavy atom. The van der Waals surface area contributed by atoms with E-state index in [1.807, 2.05) is 47.8 Å². The predicted molar refractivity (Wildman–Crippen MR) is 103 cm³/mol. The molecule has 1 amide bonds. The van der Waals surface area contributed by atoms with Gasteiger partial charge >= 0.3 is 0 Å². The number of ether oxygens (including phenoxy) is 1. The number of hydrogen-bond acceptors (Lipinski definition) is 6. The number of benzene rings is 1. The predicted octanol–water partition coefficient (Wildman–Crippen LogP) is 2.59. The molecule has 4 aromatic rings. The second-order valence-electron chi connectivity index (χ2n) is 5.79. The van der Waals surface area contributed by atoms with E-state index in [-0.39, 0.29) is 5.91 Å². The molecule has 1 N–H and O–H groups in total. The van der Waals surface area contributed by atoms with Crippen LogP contribution in [0.2, 0.25) is 0 Å². The number of amides is 1. The van der Waals surface area contributed by atoms with E-state index < -0.39 is 0 Å². The van der Waals surface area contributed by atoms with Crippen LogP contribution < -0.4 is 10.1 Å². The minimum Gasteiger partial charge on any atom is -0.475 e. The number of carbonyl (C=O) groups is 1. The highest BCUT2D eigenvalue weighted by Gasteiger charge is 2.10. The Hall–Kier alpha value is -3.26. The van der Waals surface area contributed by atoms with Crippen molar-refractivity contribution in [2.75, 3.05) is 13.2 Å². The highest BCUT2D eigenvalue weighted by atomic mass is 32.1. The fraction of sp³-hybridized carbons (Fsp3) is 0.158. The van der Waals surface area contributed by atoms with E-state index in [0.717, 1.165) is 10.4 Å². The molecule has 0 aliphatic rings. The fourth-order valence-corrected chi connectivity index (χ4v) is 3.30. The zero-order valence-corrected chi connectivity index (χ0v) is 15.2. The van der Waals surface area contributed by atoms with Crippen LogP contribution in [-0.4, -0.2) is 38.9 Å². The highest BCUT2D eigenvalue weighted by molar-refractivity contribution is 7.10. The first kappa shape index (κ1) is 17.2. The monoisotopic (exact) mass is 379 g/mol. The van der Waals surface area contributed by atoms with Gasteiger partial charge in [-0.3, -0.25) is 4.79 Å². The molecule has 0 unspecified atom stereocenters. The van der Waals surface area contributed by atoms with Crippen LogP contribution in [0.4, 0.5) is 0 Å². The van der Waals surface area contributed by atoms with Crippen molar-refractivity contribution >= 4 is 22.9 Å². The van der Waals surface area contributed by atoms with Crippen molar-refractivity contribution in [1.29, 1.82) is 0 Å². The lowest BCUT2D eigenvalue weighted by atomic mass is 10.2. The third-order valence-electron chi connectivity index (χ3n) is 3.86. The number of rotatable bonds is 7. The van der Waals surface area contributed by atoms with Crippen molar-refractivity contribution in [3.05, 3.63) is 64.9 Å². The summed E-state index contributed by atoms with van der Waals surface area (Å²) in [5.74, 6) is 1.09. The number of fused-ring (bicyclic) bond motifs is 1. The number of thiophene rings is 1. The zero-order chi connectivity index (χ0) is 18.5. The summed E-state index contributed by atoms with van der Waals surface area (Å²) in [6.45, 7) is 0.745. The maximum atomic E-state index is 11.9. The number of carbonyl (C=O) groups excluding carboxylic acids is 1. The van der Waals surface area contributed by atoms with Crippen molar-refractivity contribution in [3.63, 3.8) is 0 Å². The molecule has 0 aliphatic carbocycles. The largest absolute Gasteiger partial charge is 0.475 e. The summed E-state index contributed by atoms with van der Waals surface area (Å²) in [6, 6.07) is 17.2. The van der Waals surface area contributed by atoms with Gasteiger partial charge in [0.2, 0.25) is 11.8 Å². The van der Waals surface area contributed by atoms with Crippen molar-refractivity contribution in [2.24, 2.45) is 0 Å². The molecule has 0 bridgehead atoms. The van der Waals surface area contributed by atoms with Crippen LogP contribution in [0.5, 0.6) is 5.88 Å². The van der Waals surface area contributed by atoms with E-state index in [0.29, 0.717) is 36.9 Å². The first-order valence-corrected chi connectivity index (χ1v) is 9.37. The van der Waals surface area contributed by atoms with Gasteiger partial charge in [0.1, 0.15) is 6.61 Å². The van der Waals surface area contributed by atoms with Crippen molar-refractivity contribution in [3.8, 4) is 17.3 Å². The van der Waals surface area contributed by atoms with E-state index >= 15 is 0 Å². The van der Waals surface area contributed by atoms with Gasteiger partial charge in [-0.05, 0) is 17.5 Å². The van der Waals surface area contributed by atoms with Gasteiger partial charge in [-0.1, -0.05) is 36.4 Å². The Labute approximate surface area is 159 Å². The fourth-order valence-electron chi connectivity index (χ4n) is 2.60. The summed E-state index contributed by atoms with van der Waals surface area (Å²) < 4.78 is 7.31. The molecule has 0 atom stereocenters. The van der Waals surface area contributed by atoms with Gasteiger partial charge in [0, 0.05) is 16.5 Å². The lowest BCUT2D eigenvalue weighted by Crippen LogP contribution is -2.29. The van der Waals surface area contributed by atoms with Crippen molar-refractivity contribution in [2.45, 2.75) is 6.42 Å². The first-order valence-electron chi connectivity index (χ1n) is 8.49. The molecule has 4 rings (SSSR count). The van der Waals surface area contributed by atoms with Gasteiger partial charge in [-0.25, -0.2) is 0 Å². The summed E-state index contributed by atoms with van der Waals surface area (Å²) in [7, 11) is 0. The summed E-state index contributed by atoms with van der Waals surface area (Å²) in [6.07, 6.45) is 0.392. The van der Waals surface area contributed by atoms with Crippen molar-refractivity contribution < 1.29 is 9.53 Å². The van der Waals surface area contributed by atoms with E-state index in [4.69, 9.17) is 4.74 Å². The summed E-state index contributed by atoms with van der Waals surface area (Å²) >= 11 is 1.57. The number of nitrogens with zero attached hydrogens (tertiary/aromatic N) is 4. The van der Waals surface area contributed by atoms with Gasteiger partial charge in [0.05, 0.1) is 13.0 Å². The number of aromatic nitrogens is 4. The molecule has 0 fully saturated rings. The minimum atomic E-state index is -0.0189. The van der Waals surface area contributed by atoms with Gasteiger partial charge in [0.15, 0.2) is 11.5 Å². The van der Waals surface area contributed by atoms with Crippen LogP contribution in [0.25, 0.3) is 17.0 Å². The molecule has 0 saturated heterocycles. The molecule has 0 radical (unpaired) electrons. The molecule has 0 spiro atoms. The van der Waals surface area contributed by atoms with E-state index in [2.05, 4.69) is 20.6 Å². The van der Waals surface area contributed by atoms with Gasteiger partial charge in [-0.15, -0.1) is 26.6 Å². The molecule has 3 aromatic heterocycles. The Balaban J connectivity index is 1.36. The van der Waals surface area contributed by atoms with Gasteiger partial charge in [0.25, 0.3) is 0 Å².